The fourth-order valence-electron chi connectivity index (χ4n) is 2.03. The molecule has 0 spiro atoms. The van der Waals surface area contributed by atoms with Crippen molar-refractivity contribution in [3.63, 3.8) is 0 Å². The lowest BCUT2D eigenvalue weighted by Gasteiger charge is -2.11. The molecular formula is C18H19ClN2O2. The number of anilines is 2. The first-order chi connectivity index (χ1) is 10.9. The number of rotatable bonds is 4. The number of nitrogens with one attached hydrogen (secondary N) is 2. The van der Waals surface area contributed by atoms with E-state index in [0.717, 1.165) is 11.1 Å². The van der Waals surface area contributed by atoms with Crippen LogP contribution in [0.2, 0.25) is 5.02 Å². The molecule has 0 aromatic heterocycles. The largest absolute Gasteiger partial charge is 0.326 e. The second-order valence-electron chi connectivity index (χ2n) is 5.35. The second kappa shape index (κ2) is 7.29. The van der Waals surface area contributed by atoms with Crippen molar-refractivity contribution in [2.24, 2.45) is 0 Å². The van der Waals surface area contributed by atoms with Crippen LogP contribution < -0.4 is 10.6 Å². The minimum Gasteiger partial charge on any atom is -0.326 e. The summed E-state index contributed by atoms with van der Waals surface area (Å²) in [6.45, 7) is 5.72. The summed E-state index contributed by atoms with van der Waals surface area (Å²) < 4.78 is 0. The predicted octanol–water partition coefficient (Wildman–Crippen LogP) is 4.56. The molecule has 0 heterocycles. The van der Waals surface area contributed by atoms with Crippen molar-refractivity contribution < 1.29 is 9.59 Å². The first-order valence-electron chi connectivity index (χ1n) is 7.38. The highest BCUT2D eigenvalue weighted by molar-refractivity contribution is 6.34. The predicted molar refractivity (Wildman–Crippen MR) is 94.2 cm³/mol. The van der Waals surface area contributed by atoms with Gasteiger partial charge in [-0.15, -0.1) is 0 Å². The molecule has 0 saturated heterocycles. The Bertz CT molecular complexity index is 757. The van der Waals surface area contributed by atoms with E-state index in [9.17, 15) is 9.59 Å². The SMILES string of the molecule is CCC(=O)Nc1ccc(Cl)c(NC(=O)c2ccc(C)c(C)c2)c1. The molecule has 0 saturated carbocycles. The Labute approximate surface area is 140 Å². The van der Waals surface area contributed by atoms with Gasteiger partial charge in [-0.25, -0.2) is 0 Å². The maximum Gasteiger partial charge on any atom is 0.255 e. The van der Waals surface area contributed by atoms with Crippen LogP contribution in [0.15, 0.2) is 36.4 Å². The third-order valence-corrected chi connectivity index (χ3v) is 3.92. The van der Waals surface area contributed by atoms with E-state index in [2.05, 4.69) is 10.6 Å². The van der Waals surface area contributed by atoms with Crippen molar-refractivity contribution in [2.45, 2.75) is 27.2 Å². The maximum atomic E-state index is 12.4. The molecule has 2 N–H and O–H groups in total. The molecule has 0 bridgehead atoms. The summed E-state index contributed by atoms with van der Waals surface area (Å²) in [7, 11) is 0. The summed E-state index contributed by atoms with van der Waals surface area (Å²) in [5.41, 5.74) is 3.80. The molecule has 4 nitrogen and oxygen atoms in total. The number of aryl methyl sites for hydroxylation is 2. The van der Waals surface area contributed by atoms with Gasteiger partial charge < -0.3 is 10.6 Å². The van der Waals surface area contributed by atoms with Crippen molar-refractivity contribution in [1.29, 1.82) is 0 Å². The number of halogens is 1. The van der Waals surface area contributed by atoms with Crippen LogP contribution >= 0.6 is 11.6 Å². The number of carbonyl (C=O) groups is 2. The van der Waals surface area contributed by atoms with Gasteiger partial charge in [0.15, 0.2) is 0 Å². The highest BCUT2D eigenvalue weighted by atomic mass is 35.5. The van der Waals surface area contributed by atoms with Gasteiger partial charge in [0.2, 0.25) is 5.91 Å². The summed E-state index contributed by atoms with van der Waals surface area (Å²) in [5, 5.41) is 5.94. The van der Waals surface area contributed by atoms with Crippen molar-refractivity contribution >= 4 is 34.8 Å². The standard InChI is InChI=1S/C18H19ClN2O2/c1-4-17(22)20-14-7-8-15(19)16(10-14)21-18(23)13-6-5-11(2)12(3)9-13/h5-10H,4H2,1-3H3,(H,20,22)(H,21,23). The van der Waals surface area contributed by atoms with Gasteiger partial charge in [-0.3, -0.25) is 9.59 Å². The third-order valence-electron chi connectivity index (χ3n) is 3.59. The van der Waals surface area contributed by atoms with Crippen molar-refractivity contribution in [2.75, 3.05) is 10.6 Å². The monoisotopic (exact) mass is 330 g/mol. The van der Waals surface area contributed by atoms with Crippen LogP contribution in [0.25, 0.3) is 0 Å². The van der Waals surface area contributed by atoms with E-state index in [1.165, 1.54) is 0 Å². The zero-order chi connectivity index (χ0) is 17.0. The number of benzene rings is 2. The van der Waals surface area contributed by atoms with Crippen molar-refractivity contribution in [3.8, 4) is 0 Å². The third kappa shape index (κ3) is 4.33. The smallest absolute Gasteiger partial charge is 0.255 e. The zero-order valence-electron chi connectivity index (χ0n) is 13.4. The molecule has 2 rings (SSSR count). The average Bonchev–Trinajstić information content (AvgIpc) is 2.53. The normalized spacial score (nSPS) is 10.3. The molecule has 120 valence electrons. The molecule has 2 aromatic carbocycles. The van der Waals surface area contributed by atoms with E-state index < -0.39 is 0 Å². The number of amides is 2. The van der Waals surface area contributed by atoms with E-state index in [1.807, 2.05) is 26.0 Å². The Balaban J connectivity index is 2.21. The lowest BCUT2D eigenvalue weighted by Crippen LogP contribution is -2.14. The fourth-order valence-corrected chi connectivity index (χ4v) is 2.19. The van der Waals surface area contributed by atoms with Crippen molar-refractivity contribution in [1.82, 2.24) is 0 Å². The minimum absolute atomic E-state index is 0.0984. The molecule has 0 aliphatic rings. The second-order valence-corrected chi connectivity index (χ2v) is 5.76. The average molecular weight is 331 g/mol. The van der Waals surface area contributed by atoms with Gasteiger partial charge in [0.1, 0.15) is 0 Å². The topological polar surface area (TPSA) is 58.2 Å². The quantitative estimate of drug-likeness (QED) is 0.863. The molecule has 0 radical (unpaired) electrons. The van der Waals surface area contributed by atoms with Gasteiger partial charge in [0, 0.05) is 17.7 Å². The van der Waals surface area contributed by atoms with Crippen LogP contribution in [0.4, 0.5) is 11.4 Å². The first kappa shape index (κ1) is 17.0. The Morgan fingerprint density at radius 1 is 1.00 bits per heavy atom. The molecule has 0 aliphatic carbocycles. The molecule has 23 heavy (non-hydrogen) atoms. The molecule has 0 aliphatic heterocycles. The molecular weight excluding hydrogens is 312 g/mol. The van der Waals surface area contributed by atoms with Gasteiger partial charge >= 0.3 is 0 Å². The van der Waals surface area contributed by atoms with Gasteiger partial charge in [-0.2, -0.15) is 0 Å². The molecule has 5 heteroatoms. The van der Waals surface area contributed by atoms with E-state index in [-0.39, 0.29) is 11.8 Å². The van der Waals surface area contributed by atoms with Gasteiger partial charge in [0.05, 0.1) is 10.7 Å². The summed E-state index contributed by atoms with van der Waals surface area (Å²) in [6, 6.07) is 10.5. The van der Waals surface area contributed by atoms with Crippen molar-refractivity contribution in [3.05, 3.63) is 58.1 Å². The highest BCUT2D eigenvalue weighted by Gasteiger charge is 2.11. The van der Waals surface area contributed by atoms with Crippen LogP contribution in [0.1, 0.15) is 34.8 Å². The lowest BCUT2D eigenvalue weighted by atomic mass is 10.1. The number of hydrogen-bond donors (Lipinski definition) is 2. The van der Waals surface area contributed by atoms with Crippen LogP contribution in [0.3, 0.4) is 0 Å². The van der Waals surface area contributed by atoms with Crippen LogP contribution in [-0.2, 0) is 4.79 Å². The van der Waals surface area contributed by atoms with Gasteiger partial charge in [-0.1, -0.05) is 24.6 Å². The molecule has 2 amide bonds. The van der Waals surface area contributed by atoms with Gasteiger partial charge in [-0.05, 0) is 55.3 Å². The van der Waals surface area contributed by atoms with Gasteiger partial charge in [0.25, 0.3) is 5.91 Å². The lowest BCUT2D eigenvalue weighted by molar-refractivity contribution is -0.115. The molecule has 0 fully saturated rings. The summed E-state index contributed by atoms with van der Waals surface area (Å²) in [6.07, 6.45) is 0.382. The van der Waals surface area contributed by atoms with Crippen LogP contribution in [0.5, 0.6) is 0 Å². The Kier molecular flexibility index (Phi) is 5.40. The van der Waals surface area contributed by atoms with E-state index in [1.54, 1.807) is 31.2 Å². The first-order valence-corrected chi connectivity index (χ1v) is 7.76. The van der Waals surface area contributed by atoms with E-state index in [0.29, 0.717) is 28.4 Å². The molecule has 0 unspecified atom stereocenters. The number of carbonyl (C=O) groups excluding carboxylic acids is 2. The fraction of sp³-hybridized carbons (Fsp3) is 0.222. The maximum absolute atomic E-state index is 12.4. The molecule has 0 atom stereocenters. The summed E-state index contributed by atoms with van der Waals surface area (Å²) in [4.78, 5) is 23.8. The zero-order valence-corrected chi connectivity index (χ0v) is 14.1. The van der Waals surface area contributed by atoms with Crippen LogP contribution in [0, 0.1) is 13.8 Å². The van der Waals surface area contributed by atoms with E-state index in [4.69, 9.17) is 11.6 Å². The number of hydrogen-bond acceptors (Lipinski definition) is 2. The Morgan fingerprint density at radius 2 is 1.74 bits per heavy atom. The Hall–Kier alpha value is -2.33. The molecule has 2 aromatic rings. The highest BCUT2D eigenvalue weighted by Crippen LogP contribution is 2.26. The van der Waals surface area contributed by atoms with Crippen LogP contribution in [-0.4, -0.2) is 11.8 Å². The summed E-state index contributed by atoms with van der Waals surface area (Å²) >= 11 is 6.13. The summed E-state index contributed by atoms with van der Waals surface area (Å²) in [5.74, 6) is -0.340. The Morgan fingerprint density at radius 3 is 2.39 bits per heavy atom. The van der Waals surface area contributed by atoms with E-state index >= 15 is 0 Å². The minimum atomic E-state index is -0.242.